The van der Waals surface area contributed by atoms with Crippen LogP contribution >= 0.6 is 11.3 Å². The van der Waals surface area contributed by atoms with E-state index in [9.17, 15) is 13.2 Å². The van der Waals surface area contributed by atoms with Crippen molar-refractivity contribution in [2.45, 2.75) is 38.3 Å². The first-order chi connectivity index (χ1) is 11.7. The maximum Gasteiger partial charge on any atom is 0.251 e. The highest BCUT2D eigenvalue weighted by Gasteiger charge is 2.22. The van der Waals surface area contributed by atoms with Crippen LogP contribution in [-0.4, -0.2) is 32.5 Å². The van der Waals surface area contributed by atoms with Crippen molar-refractivity contribution in [3.8, 4) is 5.75 Å². The number of hydrogen-bond acceptors (Lipinski definition) is 6. The molecule has 1 amide bonds. The zero-order valence-electron chi connectivity index (χ0n) is 14.5. The molecule has 7 nitrogen and oxygen atoms in total. The fourth-order valence-corrected chi connectivity index (χ4v) is 4.30. The van der Waals surface area contributed by atoms with E-state index in [1.165, 1.54) is 36.6 Å². The average Bonchev–Trinajstić information content (AvgIpc) is 2.96. The van der Waals surface area contributed by atoms with Crippen molar-refractivity contribution >= 4 is 27.3 Å². The smallest absolute Gasteiger partial charge is 0.251 e. The molecule has 0 aliphatic carbocycles. The van der Waals surface area contributed by atoms with Gasteiger partial charge in [-0.2, -0.15) is 0 Å². The number of aromatic nitrogens is 1. The molecule has 0 fully saturated rings. The lowest BCUT2D eigenvalue weighted by Crippen LogP contribution is -2.31. The van der Waals surface area contributed by atoms with Crippen LogP contribution in [0.5, 0.6) is 5.75 Å². The van der Waals surface area contributed by atoms with Crippen LogP contribution in [0.2, 0.25) is 0 Å². The summed E-state index contributed by atoms with van der Waals surface area (Å²) < 4.78 is 32.5. The lowest BCUT2D eigenvalue weighted by molar-refractivity contribution is 0.0950. The zero-order chi connectivity index (χ0) is 18.6. The van der Waals surface area contributed by atoms with Gasteiger partial charge in [-0.1, -0.05) is 0 Å². The lowest BCUT2D eigenvalue weighted by atomic mass is 10.2. The van der Waals surface area contributed by atoms with Crippen molar-refractivity contribution in [1.82, 2.24) is 15.0 Å². The molecule has 0 bridgehead atoms. The van der Waals surface area contributed by atoms with Gasteiger partial charge in [0.25, 0.3) is 5.91 Å². The summed E-state index contributed by atoms with van der Waals surface area (Å²) in [5.41, 5.74) is 1.13. The second kappa shape index (κ2) is 7.94. The number of rotatable bonds is 7. The molecule has 1 heterocycles. The summed E-state index contributed by atoms with van der Waals surface area (Å²) >= 11 is 1.46. The number of ether oxygens (including phenoxy) is 1. The van der Waals surface area contributed by atoms with Crippen LogP contribution in [0, 0.1) is 6.92 Å². The average molecular weight is 383 g/mol. The number of nitrogens with one attached hydrogen (secondary N) is 2. The molecule has 1 aromatic heterocycles. The van der Waals surface area contributed by atoms with E-state index < -0.39 is 10.0 Å². The molecule has 2 rings (SSSR count). The topological polar surface area (TPSA) is 97.4 Å². The van der Waals surface area contributed by atoms with Crippen molar-refractivity contribution in [1.29, 1.82) is 0 Å². The number of amides is 1. The largest absolute Gasteiger partial charge is 0.495 e. The quantitative estimate of drug-likeness (QED) is 0.763. The van der Waals surface area contributed by atoms with Gasteiger partial charge in [-0.3, -0.25) is 4.79 Å². The van der Waals surface area contributed by atoms with E-state index in [2.05, 4.69) is 15.0 Å². The molecule has 9 heteroatoms. The number of methoxy groups -OCH3 is 1. The van der Waals surface area contributed by atoms with Crippen LogP contribution in [0.15, 0.2) is 28.5 Å². The van der Waals surface area contributed by atoms with Crippen molar-refractivity contribution in [3.63, 3.8) is 0 Å². The molecule has 0 aliphatic heterocycles. The number of nitrogens with zero attached hydrogens (tertiary/aromatic N) is 1. The van der Waals surface area contributed by atoms with Gasteiger partial charge in [0.15, 0.2) is 0 Å². The van der Waals surface area contributed by atoms with Crippen LogP contribution < -0.4 is 14.8 Å². The highest BCUT2D eigenvalue weighted by Crippen LogP contribution is 2.25. The Balaban J connectivity index is 2.24. The van der Waals surface area contributed by atoms with E-state index in [1.54, 1.807) is 13.8 Å². The number of hydrogen-bond donors (Lipinski definition) is 2. The Labute approximate surface area is 151 Å². The molecule has 0 aliphatic rings. The predicted octanol–water partition coefficient (Wildman–Crippen LogP) is 2.08. The molecule has 0 unspecified atom stereocenters. The third kappa shape index (κ3) is 5.00. The standard InChI is InChI=1S/C16H21N3O4S2/c1-10(2)19-25(21,22)14-7-12(5-6-13(14)23-4)16(20)17-8-15-18-11(3)9-24-15/h5-7,9-10,19H,8H2,1-4H3,(H,17,20). The Bertz CT molecular complexity index is 860. The number of aryl methyl sites for hydroxylation is 1. The Morgan fingerprint density at radius 3 is 2.64 bits per heavy atom. The van der Waals surface area contributed by atoms with Gasteiger partial charge in [-0.05, 0) is 39.0 Å². The summed E-state index contributed by atoms with van der Waals surface area (Å²) in [4.78, 5) is 16.5. The van der Waals surface area contributed by atoms with Gasteiger partial charge in [0.2, 0.25) is 10.0 Å². The fourth-order valence-electron chi connectivity index (χ4n) is 2.14. The molecule has 136 valence electrons. The van der Waals surface area contributed by atoms with Gasteiger partial charge in [0, 0.05) is 22.7 Å². The van der Waals surface area contributed by atoms with Crippen LogP contribution in [0.3, 0.4) is 0 Å². The lowest BCUT2D eigenvalue weighted by Gasteiger charge is -2.14. The van der Waals surface area contributed by atoms with Gasteiger partial charge in [-0.25, -0.2) is 18.1 Å². The zero-order valence-corrected chi connectivity index (χ0v) is 16.1. The number of carbonyl (C=O) groups is 1. The van der Waals surface area contributed by atoms with Crippen molar-refractivity contribution < 1.29 is 17.9 Å². The first kappa shape index (κ1) is 19.4. The molecular formula is C16H21N3O4S2. The SMILES string of the molecule is COc1ccc(C(=O)NCc2nc(C)cs2)cc1S(=O)(=O)NC(C)C. The Hall–Kier alpha value is -1.97. The van der Waals surface area contributed by atoms with E-state index >= 15 is 0 Å². The van der Waals surface area contributed by atoms with Gasteiger partial charge in [-0.15, -0.1) is 11.3 Å². The maximum absolute atomic E-state index is 12.4. The highest BCUT2D eigenvalue weighted by atomic mass is 32.2. The second-order valence-electron chi connectivity index (χ2n) is 5.71. The summed E-state index contributed by atoms with van der Waals surface area (Å²) in [6.07, 6.45) is 0. The summed E-state index contributed by atoms with van der Waals surface area (Å²) in [5, 5.41) is 5.42. The molecule has 0 saturated carbocycles. The van der Waals surface area contributed by atoms with E-state index in [0.717, 1.165) is 10.7 Å². The predicted molar refractivity (Wildman–Crippen MR) is 96.5 cm³/mol. The highest BCUT2D eigenvalue weighted by molar-refractivity contribution is 7.89. The van der Waals surface area contributed by atoms with Crippen molar-refractivity contribution in [3.05, 3.63) is 39.8 Å². The molecule has 2 N–H and O–H groups in total. The number of benzene rings is 1. The van der Waals surface area contributed by atoms with Crippen molar-refractivity contribution in [2.75, 3.05) is 7.11 Å². The summed E-state index contributed by atoms with van der Waals surface area (Å²) in [6, 6.07) is 4.03. The maximum atomic E-state index is 12.4. The van der Waals surface area contributed by atoms with Crippen LogP contribution in [0.1, 0.15) is 34.9 Å². The molecular weight excluding hydrogens is 362 g/mol. The third-order valence-electron chi connectivity index (χ3n) is 3.17. The molecule has 25 heavy (non-hydrogen) atoms. The van der Waals surface area contributed by atoms with Gasteiger partial charge in [0.05, 0.1) is 13.7 Å². The number of thiazole rings is 1. The second-order valence-corrected chi connectivity index (χ2v) is 8.33. The number of carbonyl (C=O) groups excluding carboxylic acids is 1. The van der Waals surface area contributed by atoms with Gasteiger partial charge >= 0.3 is 0 Å². The minimum Gasteiger partial charge on any atom is -0.495 e. The molecule has 0 atom stereocenters. The van der Waals surface area contributed by atoms with E-state index in [4.69, 9.17) is 4.74 Å². The van der Waals surface area contributed by atoms with Crippen LogP contribution in [0.25, 0.3) is 0 Å². The minimum atomic E-state index is -3.79. The Morgan fingerprint density at radius 2 is 2.08 bits per heavy atom. The van der Waals surface area contributed by atoms with E-state index in [-0.39, 0.29) is 34.7 Å². The first-order valence-electron chi connectivity index (χ1n) is 7.62. The Kier molecular flexibility index (Phi) is 6.15. The third-order valence-corrected chi connectivity index (χ3v) is 5.82. The van der Waals surface area contributed by atoms with Crippen LogP contribution in [0.4, 0.5) is 0 Å². The minimum absolute atomic E-state index is 0.0681. The van der Waals surface area contributed by atoms with Crippen LogP contribution in [-0.2, 0) is 16.6 Å². The Morgan fingerprint density at radius 1 is 1.36 bits per heavy atom. The van der Waals surface area contributed by atoms with E-state index in [0.29, 0.717) is 0 Å². The molecule has 0 spiro atoms. The normalized spacial score (nSPS) is 11.6. The molecule has 2 aromatic rings. The van der Waals surface area contributed by atoms with E-state index in [1.807, 2.05) is 12.3 Å². The molecule has 1 aromatic carbocycles. The number of sulfonamides is 1. The fraction of sp³-hybridized carbons (Fsp3) is 0.375. The molecule has 0 saturated heterocycles. The first-order valence-corrected chi connectivity index (χ1v) is 9.99. The summed E-state index contributed by atoms with van der Waals surface area (Å²) in [5.74, 6) is -0.197. The summed E-state index contributed by atoms with van der Waals surface area (Å²) in [6.45, 7) is 5.60. The van der Waals surface area contributed by atoms with Gasteiger partial charge < -0.3 is 10.1 Å². The monoisotopic (exact) mass is 383 g/mol. The van der Waals surface area contributed by atoms with Crippen molar-refractivity contribution in [2.24, 2.45) is 0 Å². The molecule has 0 radical (unpaired) electrons. The summed E-state index contributed by atoms with van der Waals surface area (Å²) in [7, 11) is -2.40. The van der Waals surface area contributed by atoms with Gasteiger partial charge in [0.1, 0.15) is 15.7 Å².